The Kier molecular flexibility index (Phi) is 3.33. The normalized spacial score (nSPS) is 12.2. The molecule has 0 aliphatic heterocycles. The number of hydrogen-bond acceptors (Lipinski definition) is 3. The van der Waals surface area contributed by atoms with Crippen molar-refractivity contribution in [3.8, 4) is 5.69 Å². The fourth-order valence-electron chi connectivity index (χ4n) is 2.70. The maximum atomic E-state index is 13.1. The van der Waals surface area contributed by atoms with E-state index in [0.29, 0.717) is 10.9 Å². The van der Waals surface area contributed by atoms with E-state index in [1.54, 1.807) is 18.2 Å². The Morgan fingerprint density at radius 2 is 1.84 bits per heavy atom. The minimum Gasteiger partial charge on any atom is -0.277 e. The Hall–Kier alpha value is -2.87. The van der Waals surface area contributed by atoms with Crippen LogP contribution in [0.25, 0.3) is 27.6 Å². The van der Waals surface area contributed by atoms with E-state index in [2.05, 4.69) is 15.2 Å². The Bertz CT molecular complexity index is 1180. The molecular formula is C16H8ClF3N4O. The molecule has 0 aliphatic carbocycles. The number of aromatic amines is 1. The quantitative estimate of drug-likeness (QED) is 0.556. The number of H-pyrrole nitrogens is 1. The molecular weight excluding hydrogens is 357 g/mol. The number of nitrogens with one attached hydrogen (secondary N) is 1. The molecule has 3 heterocycles. The predicted molar refractivity (Wildman–Crippen MR) is 87.0 cm³/mol. The van der Waals surface area contributed by atoms with Crippen molar-refractivity contribution in [1.29, 1.82) is 0 Å². The molecule has 0 spiro atoms. The summed E-state index contributed by atoms with van der Waals surface area (Å²) in [5.74, 6) is 0. The Morgan fingerprint density at radius 3 is 2.56 bits per heavy atom. The van der Waals surface area contributed by atoms with Crippen molar-refractivity contribution in [2.45, 2.75) is 6.18 Å². The lowest BCUT2D eigenvalue weighted by atomic mass is 10.2. The van der Waals surface area contributed by atoms with Crippen LogP contribution < -0.4 is 5.56 Å². The van der Waals surface area contributed by atoms with Gasteiger partial charge in [0, 0.05) is 5.39 Å². The molecule has 0 atom stereocenters. The second kappa shape index (κ2) is 5.32. The summed E-state index contributed by atoms with van der Waals surface area (Å²) in [5.41, 5.74) is -1.24. The molecule has 126 valence electrons. The predicted octanol–water partition coefficient (Wildman–Crippen LogP) is 3.93. The van der Waals surface area contributed by atoms with Gasteiger partial charge in [0.1, 0.15) is 11.3 Å². The van der Waals surface area contributed by atoms with Gasteiger partial charge in [-0.25, -0.2) is 4.98 Å². The first kappa shape index (κ1) is 15.6. The van der Waals surface area contributed by atoms with Crippen LogP contribution in [0, 0.1) is 0 Å². The molecule has 0 fully saturated rings. The zero-order valence-corrected chi connectivity index (χ0v) is 13.1. The summed E-state index contributed by atoms with van der Waals surface area (Å²) < 4.78 is 40.3. The van der Waals surface area contributed by atoms with Crippen LogP contribution in [0.4, 0.5) is 13.2 Å². The van der Waals surface area contributed by atoms with Gasteiger partial charge in [-0.3, -0.25) is 14.5 Å². The Labute approximate surface area is 142 Å². The zero-order chi connectivity index (χ0) is 17.8. The van der Waals surface area contributed by atoms with Gasteiger partial charge in [0.2, 0.25) is 0 Å². The molecule has 4 rings (SSSR count). The summed E-state index contributed by atoms with van der Waals surface area (Å²) in [5, 5.41) is 7.24. The molecule has 3 aromatic heterocycles. The van der Waals surface area contributed by atoms with Gasteiger partial charge in [0.15, 0.2) is 0 Å². The van der Waals surface area contributed by atoms with Gasteiger partial charge in [0.05, 0.1) is 27.8 Å². The lowest BCUT2D eigenvalue weighted by molar-refractivity contribution is -0.141. The zero-order valence-electron chi connectivity index (χ0n) is 12.3. The molecule has 5 nitrogen and oxygen atoms in total. The minimum absolute atomic E-state index is 0.148. The molecule has 1 aromatic carbocycles. The molecule has 0 radical (unpaired) electrons. The van der Waals surface area contributed by atoms with Crippen molar-refractivity contribution in [2.75, 3.05) is 0 Å². The summed E-state index contributed by atoms with van der Waals surface area (Å²) in [6.07, 6.45) is -3.32. The van der Waals surface area contributed by atoms with Gasteiger partial charge in [0.25, 0.3) is 5.56 Å². The number of benzene rings is 1. The smallest absolute Gasteiger partial charge is 0.277 e. The highest BCUT2D eigenvalue weighted by Gasteiger charge is 2.33. The Balaban J connectivity index is 2.23. The highest BCUT2D eigenvalue weighted by molar-refractivity contribution is 6.32. The molecule has 0 unspecified atom stereocenters. The number of rotatable bonds is 1. The molecule has 1 N–H and O–H groups in total. The van der Waals surface area contributed by atoms with E-state index >= 15 is 0 Å². The van der Waals surface area contributed by atoms with Gasteiger partial charge in [-0.1, -0.05) is 23.7 Å². The molecule has 4 aromatic rings. The van der Waals surface area contributed by atoms with Crippen molar-refractivity contribution in [1.82, 2.24) is 19.7 Å². The maximum Gasteiger partial charge on any atom is 0.433 e. The van der Waals surface area contributed by atoms with Crippen molar-refractivity contribution < 1.29 is 13.2 Å². The van der Waals surface area contributed by atoms with Crippen LogP contribution in [0.2, 0.25) is 5.02 Å². The van der Waals surface area contributed by atoms with Crippen LogP contribution in [0.15, 0.2) is 47.4 Å². The summed E-state index contributed by atoms with van der Waals surface area (Å²) >= 11 is 6.15. The largest absolute Gasteiger partial charge is 0.433 e. The van der Waals surface area contributed by atoms with E-state index in [0.717, 1.165) is 10.6 Å². The van der Waals surface area contributed by atoms with Crippen molar-refractivity contribution in [3.05, 3.63) is 63.7 Å². The SMILES string of the molecule is O=c1c2cn[nH]c2c2ccc(C(F)(F)F)nc2n1-c1ccccc1Cl. The molecule has 0 aliphatic rings. The van der Waals surface area contributed by atoms with Crippen LogP contribution in [0.5, 0.6) is 0 Å². The summed E-state index contributed by atoms with van der Waals surface area (Å²) in [4.78, 5) is 16.5. The lowest BCUT2D eigenvalue weighted by Gasteiger charge is -2.13. The number of alkyl halides is 3. The van der Waals surface area contributed by atoms with Gasteiger partial charge in [-0.2, -0.15) is 18.3 Å². The van der Waals surface area contributed by atoms with Crippen molar-refractivity contribution in [3.63, 3.8) is 0 Å². The van der Waals surface area contributed by atoms with Crippen LogP contribution >= 0.6 is 11.6 Å². The van der Waals surface area contributed by atoms with Crippen LogP contribution in [-0.2, 0) is 6.18 Å². The van der Waals surface area contributed by atoms with E-state index in [1.807, 2.05) is 0 Å². The second-order valence-electron chi connectivity index (χ2n) is 5.32. The average Bonchev–Trinajstić information content (AvgIpc) is 3.05. The molecule has 0 saturated heterocycles. The van der Waals surface area contributed by atoms with E-state index in [9.17, 15) is 18.0 Å². The van der Waals surface area contributed by atoms with Gasteiger partial charge < -0.3 is 0 Å². The molecule has 0 saturated carbocycles. The van der Waals surface area contributed by atoms with E-state index in [-0.39, 0.29) is 21.7 Å². The number of hydrogen-bond donors (Lipinski definition) is 1. The van der Waals surface area contributed by atoms with Crippen LogP contribution in [-0.4, -0.2) is 19.7 Å². The van der Waals surface area contributed by atoms with Crippen molar-refractivity contribution in [2.24, 2.45) is 0 Å². The van der Waals surface area contributed by atoms with Gasteiger partial charge in [-0.15, -0.1) is 0 Å². The number of aromatic nitrogens is 4. The fourth-order valence-corrected chi connectivity index (χ4v) is 2.92. The molecule has 25 heavy (non-hydrogen) atoms. The third-order valence-corrected chi connectivity index (χ3v) is 4.13. The third kappa shape index (κ3) is 2.37. The Morgan fingerprint density at radius 1 is 1.08 bits per heavy atom. The van der Waals surface area contributed by atoms with Gasteiger partial charge in [-0.05, 0) is 24.3 Å². The number of pyridine rings is 2. The summed E-state index contributed by atoms with van der Waals surface area (Å²) in [6, 6.07) is 8.50. The first-order chi connectivity index (χ1) is 11.9. The van der Waals surface area contributed by atoms with Gasteiger partial charge >= 0.3 is 6.18 Å². The third-order valence-electron chi connectivity index (χ3n) is 3.81. The average molecular weight is 365 g/mol. The lowest BCUT2D eigenvalue weighted by Crippen LogP contribution is -2.21. The molecule has 0 bridgehead atoms. The molecule has 9 heteroatoms. The van der Waals surface area contributed by atoms with Crippen molar-refractivity contribution >= 4 is 33.5 Å². The van der Waals surface area contributed by atoms with E-state index in [1.165, 1.54) is 18.3 Å². The monoisotopic (exact) mass is 364 g/mol. The first-order valence-corrected chi connectivity index (χ1v) is 7.46. The van der Waals surface area contributed by atoms with E-state index < -0.39 is 17.4 Å². The van der Waals surface area contributed by atoms with Crippen LogP contribution in [0.1, 0.15) is 5.69 Å². The summed E-state index contributed by atoms with van der Waals surface area (Å²) in [7, 11) is 0. The number of halogens is 4. The van der Waals surface area contributed by atoms with Crippen LogP contribution in [0.3, 0.4) is 0 Å². The number of para-hydroxylation sites is 1. The number of nitrogens with zero attached hydrogens (tertiary/aromatic N) is 3. The fraction of sp³-hybridized carbons (Fsp3) is 0.0625. The minimum atomic E-state index is -4.64. The topological polar surface area (TPSA) is 63.6 Å². The highest BCUT2D eigenvalue weighted by Crippen LogP contribution is 2.31. The van der Waals surface area contributed by atoms with E-state index in [4.69, 9.17) is 11.6 Å². The highest BCUT2D eigenvalue weighted by atomic mass is 35.5. The molecule has 0 amide bonds. The first-order valence-electron chi connectivity index (χ1n) is 7.09. The number of fused-ring (bicyclic) bond motifs is 3. The summed E-state index contributed by atoms with van der Waals surface area (Å²) in [6.45, 7) is 0. The standard InChI is InChI=1S/C16H8ClF3N4O/c17-10-3-1-2-4-11(10)24-14-8(5-6-12(22-14)16(18,19)20)13-9(15(24)25)7-21-23-13/h1-7H,(H,21,23). The maximum absolute atomic E-state index is 13.1. The second-order valence-corrected chi connectivity index (χ2v) is 5.72.